The third kappa shape index (κ3) is 3.12. The number of nitrogens with zero attached hydrogens (tertiary/aromatic N) is 2. The van der Waals surface area contributed by atoms with Gasteiger partial charge in [0.25, 0.3) is 0 Å². The number of aromatic nitrogens is 2. The predicted molar refractivity (Wildman–Crippen MR) is 69.1 cm³/mol. The summed E-state index contributed by atoms with van der Waals surface area (Å²) in [7, 11) is 1.90. The second-order valence-electron chi connectivity index (χ2n) is 4.36. The Morgan fingerprint density at radius 1 is 1.44 bits per heavy atom. The quantitative estimate of drug-likeness (QED) is 0.829. The van der Waals surface area contributed by atoms with Crippen molar-refractivity contribution in [1.82, 2.24) is 15.1 Å². The Labute approximate surface area is 107 Å². The van der Waals surface area contributed by atoms with Gasteiger partial charge in [0.15, 0.2) is 0 Å². The van der Waals surface area contributed by atoms with Crippen LogP contribution in [0.4, 0.5) is 0 Å². The fraction of sp³-hybridized carbons (Fsp3) is 0.727. The standard InChI is InChI=1S/C11H19Cl2N3/c1-7(2)9(5-12)14-6-10-11(13)8(3)15-16(10)4/h7,9,14H,5-6H2,1-4H3. The maximum atomic E-state index is 6.16. The first-order valence-corrected chi connectivity index (χ1v) is 6.36. The summed E-state index contributed by atoms with van der Waals surface area (Å²) in [6, 6.07) is 0.299. The first-order valence-electron chi connectivity index (χ1n) is 5.44. The van der Waals surface area contributed by atoms with Gasteiger partial charge in [-0.3, -0.25) is 4.68 Å². The first-order chi connectivity index (χ1) is 7.47. The number of rotatable bonds is 5. The van der Waals surface area contributed by atoms with Crippen LogP contribution in [0, 0.1) is 12.8 Å². The maximum Gasteiger partial charge on any atom is 0.0860 e. The lowest BCUT2D eigenvalue weighted by Gasteiger charge is -2.19. The van der Waals surface area contributed by atoms with E-state index in [0.29, 0.717) is 24.4 Å². The highest BCUT2D eigenvalue weighted by atomic mass is 35.5. The molecule has 16 heavy (non-hydrogen) atoms. The molecule has 1 atom stereocenters. The molecule has 0 radical (unpaired) electrons. The fourth-order valence-electron chi connectivity index (χ4n) is 1.57. The summed E-state index contributed by atoms with van der Waals surface area (Å²) in [4.78, 5) is 0. The average molecular weight is 264 g/mol. The van der Waals surface area contributed by atoms with Crippen molar-refractivity contribution in [1.29, 1.82) is 0 Å². The highest BCUT2D eigenvalue weighted by Gasteiger charge is 2.15. The molecular formula is C11H19Cl2N3. The lowest BCUT2D eigenvalue weighted by atomic mass is 10.1. The second-order valence-corrected chi connectivity index (χ2v) is 5.04. The van der Waals surface area contributed by atoms with E-state index in [0.717, 1.165) is 16.4 Å². The summed E-state index contributed by atoms with van der Waals surface area (Å²) in [6.07, 6.45) is 0. The molecule has 0 aliphatic heterocycles. The molecule has 0 spiro atoms. The Hall–Kier alpha value is -0.250. The number of hydrogen-bond donors (Lipinski definition) is 1. The lowest BCUT2D eigenvalue weighted by molar-refractivity contribution is 0.423. The molecule has 1 rings (SSSR count). The third-order valence-corrected chi connectivity index (χ3v) is 3.59. The van der Waals surface area contributed by atoms with Crippen molar-refractivity contribution in [3.05, 3.63) is 16.4 Å². The number of aryl methyl sites for hydroxylation is 2. The summed E-state index contributed by atoms with van der Waals surface area (Å²) < 4.78 is 1.82. The zero-order valence-electron chi connectivity index (χ0n) is 10.2. The molecule has 1 unspecified atom stereocenters. The Morgan fingerprint density at radius 2 is 2.06 bits per heavy atom. The van der Waals surface area contributed by atoms with Crippen molar-refractivity contribution >= 4 is 23.2 Å². The molecule has 1 aromatic rings. The largest absolute Gasteiger partial charge is 0.307 e. The molecule has 1 aromatic heterocycles. The van der Waals surface area contributed by atoms with E-state index in [-0.39, 0.29) is 0 Å². The molecule has 92 valence electrons. The van der Waals surface area contributed by atoms with Crippen LogP contribution in [0.2, 0.25) is 5.02 Å². The summed E-state index contributed by atoms with van der Waals surface area (Å²) in [5.41, 5.74) is 1.88. The van der Waals surface area contributed by atoms with Crippen LogP contribution in [0.3, 0.4) is 0 Å². The molecule has 0 aromatic carbocycles. The molecular weight excluding hydrogens is 245 g/mol. The summed E-state index contributed by atoms with van der Waals surface area (Å²) in [5.74, 6) is 1.11. The Balaban J connectivity index is 2.67. The van der Waals surface area contributed by atoms with Crippen molar-refractivity contribution in [3.63, 3.8) is 0 Å². The monoisotopic (exact) mass is 263 g/mol. The van der Waals surface area contributed by atoms with E-state index in [1.54, 1.807) is 0 Å². The van der Waals surface area contributed by atoms with E-state index in [4.69, 9.17) is 23.2 Å². The zero-order valence-corrected chi connectivity index (χ0v) is 11.7. The molecule has 0 aliphatic carbocycles. The van der Waals surface area contributed by atoms with E-state index in [2.05, 4.69) is 24.3 Å². The van der Waals surface area contributed by atoms with Crippen molar-refractivity contribution in [2.24, 2.45) is 13.0 Å². The van der Waals surface area contributed by atoms with E-state index < -0.39 is 0 Å². The van der Waals surface area contributed by atoms with Gasteiger partial charge in [-0.2, -0.15) is 5.10 Å². The van der Waals surface area contributed by atoms with Crippen molar-refractivity contribution in [2.45, 2.75) is 33.4 Å². The van der Waals surface area contributed by atoms with E-state index in [1.807, 2.05) is 18.7 Å². The van der Waals surface area contributed by atoms with E-state index in [1.165, 1.54) is 0 Å². The van der Waals surface area contributed by atoms with Crippen molar-refractivity contribution in [3.8, 4) is 0 Å². The lowest BCUT2D eigenvalue weighted by Crippen LogP contribution is -2.35. The zero-order chi connectivity index (χ0) is 12.3. The average Bonchev–Trinajstić information content (AvgIpc) is 2.44. The van der Waals surface area contributed by atoms with Gasteiger partial charge in [0.05, 0.1) is 16.4 Å². The van der Waals surface area contributed by atoms with Crippen molar-refractivity contribution in [2.75, 3.05) is 5.88 Å². The van der Waals surface area contributed by atoms with Gasteiger partial charge in [-0.25, -0.2) is 0 Å². The number of alkyl halides is 1. The Morgan fingerprint density at radius 3 is 2.44 bits per heavy atom. The minimum absolute atomic E-state index is 0.299. The second kappa shape index (κ2) is 5.89. The minimum Gasteiger partial charge on any atom is -0.307 e. The van der Waals surface area contributed by atoms with Crippen LogP contribution in [0.25, 0.3) is 0 Å². The smallest absolute Gasteiger partial charge is 0.0860 e. The normalized spacial score (nSPS) is 13.4. The van der Waals surface area contributed by atoms with Gasteiger partial charge in [0, 0.05) is 25.5 Å². The summed E-state index contributed by atoms with van der Waals surface area (Å²) in [6.45, 7) is 6.91. The van der Waals surface area contributed by atoms with E-state index in [9.17, 15) is 0 Å². The minimum atomic E-state index is 0.299. The molecule has 0 amide bonds. The number of halogens is 2. The highest BCUT2D eigenvalue weighted by molar-refractivity contribution is 6.31. The predicted octanol–water partition coefficient (Wildman–Crippen LogP) is 2.73. The maximum absolute atomic E-state index is 6.16. The molecule has 5 heteroatoms. The molecule has 1 heterocycles. The van der Waals surface area contributed by atoms with Gasteiger partial charge >= 0.3 is 0 Å². The fourth-order valence-corrected chi connectivity index (χ4v) is 2.26. The first kappa shape index (κ1) is 13.8. The van der Waals surface area contributed by atoms with Gasteiger partial charge in [0.2, 0.25) is 0 Å². The van der Waals surface area contributed by atoms with Gasteiger partial charge in [0.1, 0.15) is 0 Å². The molecule has 0 saturated heterocycles. The van der Waals surface area contributed by atoms with Crippen LogP contribution in [-0.4, -0.2) is 21.7 Å². The Kier molecular flexibility index (Phi) is 5.09. The molecule has 0 aliphatic rings. The van der Waals surface area contributed by atoms with Gasteiger partial charge < -0.3 is 5.32 Å². The Bertz CT molecular complexity index is 347. The van der Waals surface area contributed by atoms with Crippen LogP contribution in [0.5, 0.6) is 0 Å². The summed E-state index contributed by atoms with van der Waals surface area (Å²) >= 11 is 12.1. The van der Waals surface area contributed by atoms with Crippen LogP contribution in [0.1, 0.15) is 25.2 Å². The molecule has 1 N–H and O–H groups in total. The van der Waals surface area contributed by atoms with Gasteiger partial charge in [-0.05, 0) is 12.8 Å². The number of hydrogen-bond acceptors (Lipinski definition) is 2. The van der Waals surface area contributed by atoms with Crippen LogP contribution >= 0.6 is 23.2 Å². The molecule has 0 fully saturated rings. The van der Waals surface area contributed by atoms with Crippen LogP contribution in [-0.2, 0) is 13.6 Å². The molecule has 0 saturated carbocycles. The molecule has 0 bridgehead atoms. The van der Waals surface area contributed by atoms with Gasteiger partial charge in [-0.1, -0.05) is 25.4 Å². The van der Waals surface area contributed by atoms with Crippen LogP contribution < -0.4 is 5.32 Å². The highest BCUT2D eigenvalue weighted by Crippen LogP contribution is 2.19. The number of nitrogens with one attached hydrogen (secondary N) is 1. The van der Waals surface area contributed by atoms with Crippen molar-refractivity contribution < 1.29 is 0 Å². The molecule has 3 nitrogen and oxygen atoms in total. The van der Waals surface area contributed by atoms with Gasteiger partial charge in [-0.15, -0.1) is 11.6 Å². The van der Waals surface area contributed by atoms with Crippen LogP contribution in [0.15, 0.2) is 0 Å². The van der Waals surface area contributed by atoms with E-state index >= 15 is 0 Å². The third-order valence-electron chi connectivity index (χ3n) is 2.76. The SMILES string of the molecule is Cc1nn(C)c(CNC(CCl)C(C)C)c1Cl. The topological polar surface area (TPSA) is 29.9 Å². The summed E-state index contributed by atoms with van der Waals surface area (Å²) in [5, 5.41) is 8.42.